The highest BCUT2D eigenvalue weighted by molar-refractivity contribution is 5.94. The van der Waals surface area contributed by atoms with Crippen molar-refractivity contribution in [1.82, 2.24) is 0 Å². The standard InChI is InChI=1S/C22H23F2NO3/c1-28-20(26)10-13-2-4-14(5-3-13)15-6-8-16(9-7-15)17-11-18(23)21(22(25)27)19(24)12-17/h6-9,11-14H,2-5,10H2,1H3,(H2,25,27). The number of nitrogens with two attached hydrogens (primary N) is 1. The van der Waals surface area contributed by atoms with E-state index in [4.69, 9.17) is 10.5 Å². The van der Waals surface area contributed by atoms with Crippen LogP contribution < -0.4 is 5.73 Å². The molecule has 6 heteroatoms. The lowest BCUT2D eigenvalue weighted by Gasteiger charge is -2.28. The van der Waals surface area contributed by atoms with E-state index in [-0.39, 0.29) is 5.97 Å². The molecule has 2 aromatic rings. The van der Waals surface area contributed by atoms with Crippen LogP contribution in [-0.4, -0.2) is 19.0 Å². The molecule has 0 spiro atoms. The van der Waals surface area contributed by atoms with Crippen molar-refractivity contribution in [3.8, 4) is 11.1 Å². The zero-order valence-corrected chi connectivity index (χ0v) is 15.7. The van der Waals surface area contributed by atoms with Gasteiger partial charge in [0.2, 0.25) is 0 Å². The number of benzene rings is 2. The number of primary amides is 1. The van der Waals surface area contributed by atoms with Crippen molar-refractivity contribution in [2.45, 2.75) is 38.0 Å². The van der Waals surface area contributed by atoms with Gasteiger partial charge in [0.05, 0.1) is 7.11 Å². The smallest absolute Gasteiger partial charge is 0.305 e. The molecule has 2 aromatic carbocycles. The summed E-state index contributed by atoms with van der Waals surface area (Å²) in [6, 6.07) is 9.84. The molecule has 0 radical (unpaired) electrons. The van der Waals surface area contributed by atoms with E-state index in [0.717, 1.165) is 37.8 Å². The van der Waals surface area contributed by atoms with Gasteiger partial charge in [-0.1, -0.05) is 24.3 Å². The topological polar surface area (TPSA) is 69.4 Å². The molecule has 1 fully saturated rings. The van der Waals surface area contributed by atoms with Gasteiger partial charge in [-0.15, -0.1) is 0 Å². The van der Waals surface area contributed by atoms with Crippen molar-refractivity contribution in [3.05, 3.63) is 59.2 Å². The molecule has 3 rings (SSSR count). The molecule has 1 aliphatic rings. The second kappa shape index (κ2) is 8.50. The maximum atomic E-state index is 14.0. The summed E-state index contributed by atoms with van der Waals surface area (Å²) < 4.78 is 32.7. The molecule has 1 aliphatic carbocycles. The molecular formula is C22H23F2NO3. The number of carbonyl (C=O) groups excluding carboxylic acids is 2. The summed E-state index contributed by atoms with van der Waals surface area (Å²) in [7, 11) is 1.41. The van der Waals surface area contributed by atoms with Gasteiger partial charge >= 0.3 is 5.97 Å². The lowest BCUT2D eigenvalue weighted by Crippen LogP contribution is -2.17. The maximum absolute atomic E-state index is 14.0. The molecule has 0 bridgehead atoms. The molecule has 0 saturated heterocycles. The van der Waals surface area contributed by atoms with Crippen LogP contribution in [0.1, 0.15) is 53.9 Å². The average Bonchev–Trinajstić information content (AvgIpc) is 2.67. The minimum atomic E-state index is -1.13. The molecular weight excluding hydrogens is 364 g/mol. The lowest BCUT2D eigenvalue weighted by atomic mass is 9.77. The van der Waals surface area contributed by atoms with Crippen molar-refractivity contribution in [2.24, 2.45) is 11.7 Å². The van der Waals surface area contributed by atoms with E-state index >= 15 is 0 Å². The fraction of sp³-hybridized carbons (Fsp3) is 0.364. The van der Waals surface area contributed by atoms with Crippen LogP contribution in [0.15, 0.2) is 36.4 Å². The number of methoxy groups -OCH3 is 1. The van der Waals surface area contributed by atoms with E-state index in [1.807, 2.05) is 24.3 Å². The van der Waals surface area contributed by atoms with E-state index in [0.29, 0.717) is 29.4 Å². The Morgan fingerprint density at radius 2 is 1.57 bits per heavy atom. The molecule has 0 heterocycles. The molecule has 28 heavy (non-hydrogen) atoms. The number of esters is 1. The van der Waals surface area contributed by atoms with E-state index in [1.54, 1.807) is 0 Å². The van der Waals surface area contributed by atoms with Crippen LogP contribution in [0.2, 0.25) is 0 Å². The minimum absolute atomic E-state index is 0.158. The summed E-state index contributed by atoms with van der Waals surface area (Å²) in [5.41, 5.74) is 6.48. The fourth-order valence-electron chi connectivity index (χ4n) is 3.94. The number of ether oxygens (including phenoxy) is 1. The predicted octanol–water partition coefficient (Wildman–Crippen LogP) is 4.57. The van der Waals surface area contributed by atoms with Crippen LogP contribution in [0, 0.1) is 17.6 Å². The molecule has 1 amide bonds. The van der Waals surface area contributed by atoms with E-state index in [9.17, 15) is 18.4 Å². The minimum Gasteiger partial charge on any atom is -0.469 e. The van der Waals surface area contributed by atoms with E-state index in [1.165, 1.54) is 12.7 Å². The zero-order valence-electron chi connectivity index (χ0n) is 15.7. The third-order valence-corrected chi connectivity index (χ3v) is 5.53. The van der Waals surface area contributed by atoms with Crippen molar-refractivity contribution in [2.75, 3.05) is 7.11 Å². The highest BCUT2D eigenvalue weighted by Gasteiger charge is 2.24. The number of hydrogen-bond acceptors (Lipinski definition) is 3. The summed E-state index contributed by atoms with van der Waals surface area (Å²) in [4.78, 5) is 22.5. The van der Waals surface area contributed by atoms with Gasteiger partial charge in [-0.2, -0.15) is 0 Å². The summed E-state index contributed by atoms with van der Waals surface area (Å²) in [5, 5.41) is 0. The van der Waals surface area contributed by atoms with Crippen LogP contribution in [0.25, 0.3) is 11.1 Å². The van der Waals surface area contributed by atoms with Crippen LogP contribution in [0.5, 0.6) is 0 Å². The van der Waals surface area contributed by atoms with Crippen LogP contribution in [0.3, 0.4) is 0 Å². The van der Waals surface area contributed by atoms with Crippen molar-refractivity contribution >= 4 is 11.9 Å². The first kappa shape index (κ1) is 20.0. The number of rotatable bonds is 5. The van der Waals surface area contributed by atoms with Gasteiger partial charge in [0.25, 0.3) is 5.91 Å². The Balaban J connectivity index is 1.69. The highest BCUT2D eigenvalue weighted by Crippen LogP contribution is 2.37. The highest BCUT2D eigenvalue weighted by atomic mass is 19.1. The van der Waals surface area contributed by atoms with Gasteiger partial charge in [0.15, 0.2) is 0 Å². The monoisotopic (exact) mass is 387 g/mol. The maximum Gasteiger partial charge on any atom is 0.305 e. The first-order valence-electron chi connectivity index (χ1n) is 9.35. The molecule has 148 valence electrons. The molecule has 0 aromatic heterocycles. The summed E-state index contributed by atoms with van der Waals surface area (Å²) >= 11 is 0. The Morgan fingerprint density at radius 1 is 1.00 bits per heavy atom. The Bertz CT molecular complexity index is 849. The van der Waals surface area contributed by atoms with E-state index in [2.05, 4.69) is 0 Å². The van der Waals surface area contributed by atoms with Crippen molar-refractivity contribution in [3.63, 3.8) is 0 Å². The number of carbonyl (C=O) groups is 2. The second-order valence-electron chi connectivity index (χ2n) is 7.30. The largest absolute Gasteiger partial charge is 0.469 e. The quantitative estimate of drug-likeness (QED) is 0.764. The third kappa shape index (κ3) is 4.38. The first-order chi connectivity index (χ1) is 13.4. The number of halogens is 2. The normalized spacial score (nSPS) is 19.2. The van der Waals surface area contributed by atoms with Crippen LogP contribution in [-0.2, 0) is 9.53 Å². The lowest BCUT2D eigenvalue weighted by molar-refractivity contribution is -0.142. The van der Waals surface area contributed by atoms with Gasteiger partial charge in [-0.3, -0.25) is 9.59 Å². The third-order valence-electron chi connectivity index (χ3n) is 5.53. The predicted molar refractivity (Wildman–Crippen MR) is 102 cm³/mol. The van der Waals surface area contributed by atoms with Gasteiger partial charge in [-0.05, 0) is 66.3 Å². The number of amides is 1. The number of hydrogen-bond donors (Lipinski definition) is 1. The molecule has 0 atom stereocenters. The Kier molecular flexibility index (Phi) is 6.07. The van der Waals surface area contributed by atoms with Gasteiger partial charge in [0, 0.05) is 6.42 Å². The Labute approximate surface area is 162 Å². The fourth-order valence-corrected chi connectivity index (χ4v) is 3.94. The SMILES string of the molecule is COC(=O)CC1CCC(c2ccc(-c3cc(F)c(C(N)=O)c(F)c3)cc2)CC1. The van der Waals surface area contributed by atoms with Crippen molar-refractivity contribution < 1.29 is 23.1 Å². The summed E-state index contributed by atoms with van der Waals surface area (Å²) in [6.45, 7) is 0. The summed E-state index contributed by atoms with van der Waals surface area (Å²) in [6.07, 6.45) is 4.43. The van der Waals surface area contributed by atoms with Crippen molar-refractivity contribution in [1.29, 1.82) is 0 Å². The zero-order chi connectivity index (χ0) is 20.3. The van der Waals surface area contributed by atoms with Crippen LogP contribution in [0.4, 0.5) is 8.78 Å². The average molecular weight is 387 g/mol. The molecule has 1 saturated carbocycles. The second-order valence-corrected chi connectivity index (χ2v) is 7.30. The Morgan fingerprint density at radius 3 is 2.07 bits per heavy atom. The molecule has 4 nitrogen and oxygen atoms in total. The van der Waals surface area contributed by atoms with Crippen LogP contribution >= 0.6 is 0 Å². The van der Waals surface area contributed by atoms with Gasteiger partial charge in [-0.25, -0.2) is 8.78 Å². The Hall–Kier alpha value is -2.76. The van der Waals surface area contributed by atoms with E-state index < -0.39 is 23.1 Å². The summed E-state index contributed by atoms with van der Waals surface area (Å²) in [5.74, 6) is -2.42. The molecule has 2 N–H and O–H groups in total. The molecule has 0 aliphatic heterocycles. The van der Waals surface area contributed by atoms with Gasteiger partial charge < -0.3 is 10.5 Å². The molecule has 0 unspecified atom stereocenters. The first-order valence-corrected chi connectivity index (χ1v) is 9.35. The van der Waals surface area contributed by atoms with Gasteiger partial charge in [0.1, 0.15) is 17.2 Å².